The second-order valence-electron chi connectivity index (χ2n) is 6.76. The van der Waals surface area contributed by atoms with Crippen LogP contribution >= 0.6 is 0 Å². The van der Waals surface area contributed by atoms with Gasteiger partial charge in [0, 0.05) is 40.7 Å². The fraction of sp³-hybridized carbons (Fsp3) is 0.273. The number of hydrogen-bond acceptors (Lipinski definition) is 5. The third-order valence-corrected chi connectivity index (χ3v) is 4.66. The van der Waals surface area contributed by atoms with Crippen LogP contribution in [0.5, 0.6) is 0 Å². The van der Waals surface area contributed by atoms with Gasteiger partial charge in [0.25, 0.3) is 0 Å². The van der Waals surface area contributed by atoms with Crippen LogP contribution in [-0.4, -0.2) is 24.6 Å². The van der Waals surface area contributed by atoms with E-state index in [1.807, 2.05) is 44.3 Å². The first-order chi connectivity index (χ1) is 12.8. The number of nitrogens with two attached hydrogens (primary N) is 1. The lowest BCUT2D eigenvalue weighted by Gasteiger charge is -2.22. The summed E-state index contributed by atoms with van der Waals surface area (Å²) in [6.07, 6.45) is 9.71. The first-order valence-corrected chi connectivity index (χ1v) is 8.99. The fourth-order valence-corrected chi connectivity index (χ4v) is 3.14. The van der Waals surface area contributed by atoms with Gasteiger partial charge in [0.1, 0.15) is 6.29 Å². The predicted molar refractivity (Wildman–Crippen MR) is 113 cm³/mol. The monoisotopic (exact) mass is 364 g/mol. The molecule has 1 aliphatic heterocycles. The van der Waals surface area contributed by atoms with E-state index in [1.54, 1.807) is 6.92 Å². The molecule has 0 bridgehead atoms. The van der Waals surface area contributed by atoms with E-state index in [0.717, 1.165) is 35.1 Å². The zero-order valence-electron chi connectivity index (χ0n) is 16.2. The predicted octanol–water partition coefficient (Wildman–Crippen LogP) is 3.36. The van der Waals surface area contributed by atoms with Crippen molar-refractivity contribution in [3.8, 4) is 0 Å². The number of aldehydes is 1. The quantitative estimate of drug-likeness (QED) is 0.323. The number of hydrogen-bond donors (Lipinski definition) is 4. The lowest BCUT2D eigenvalue weighted by Crippen LogP contribution is -2.29. The van der Waals surface area contributed by atoms with Gasteiger partial charge >= 0.3 is 0 Å². The molecule has 1 aromatic carbocycles. The SMILES string of the molecule is C=C(N)/C(C(C)=N)=C(/NCCC1C=CC=CN1)c1cc(C=O)cc(C)c1C. The van der Waals surface area contributed by atoms with Gasteiger partial charge in [0.2, 0.25) is 0 Å². The normalized spacial score (nSPS) is 16.3. The minimum absolute atomic E-state index is 0.249. The Balaban J connectivity index is 2.43. The van der Waals surface area contributed by atoms with Crippen LogP contribution in [0.15, 0.2) is 54.4 Å². The average Bonchev–Trinajstić information content (AvgIpc) is 2.63. The van der Waals surface area contributed by atoms with E-state index in [9.17, 15) is 4.79 Å². The largest absolute Gasteiger partial charge is 0.399 e. The summed E-state index contributed by atoms with van der Waals surface area (Å²) >= 11 is 0. The van der Waals surface area contributed by atoms with E-state index >= 15 is 0 Å². The van der Waals surface area contributed by atoms with Gasteiger partial charge in [0.15, 0.2) is 0 Å². The highest BCUT2D eigenvalue weighted by Crippen LogP contribution is 2.26. The zero-order valence-corrected chi connectivity index (χ0v) is 16.2. The molecule has 1 aliphatic rings. The number of carbonyl (C=O) groups excluding carboxylic acids is 1. The molecule has 1 aromatic rings. The maximum Gasteiger partial charge on any atom is 0.150 e. The molecule has 0 fully saturated rings. The van der Waals surface area contributed by atoms with Gasteiger partial charge in [0.05, 0.1) is 5.70 Å². The molecule has 142 valence electrons. The molecule has 0 aliphatic carbocycles. The Morgan fingerprint density at radius 3 is 2.67 bits per heavy atom. The lowest BCUT2D eigenvalue weighted by atomic mass is 9.93. The van der Waals surface area contributed by atoms with Gasteiger partial charge in [-0.2, -0.15) is 0 Å². The Hall–Kier alpha value is -3.08. The second-order valence-corrected chi connectivity index (χ2v) is 6.76. The van der Waals surface area contributed by atoms with Gasteiger partial charge in [-0.3, -0.25) is 4.79 Å². The zero-order chi connectivity index (χ0) is 20.0. The highest BCUT2D eigenvalue weighted by Gasteiger charge is 2.17. The van der Waals surface area contributed by atoms with Crippen molar-refractivity contribution in [3.63, 3.8) is 0 Å². The van der Waals surface area contributed by atoms with E-state index in [-0.39, 0.29) is 6.04 Å². The Bertz CT molecular complexity index is 830. The van der Waals surface area contributed by atoms with Gasteiger partial charge < -0.3 is 21.8 Å². The molecule has 0 amide bonds. The Morgan fingerprint density at radius 2 is 2.11 bits per heavy atom. The summed E-state index contributed by atoms with van der Waals surface area (Å²) < 4.78 is 0. The van der Waals surface area contributed by atoms with Gasteiger partial charge in [-0.05, 0) is 62.7 Å². The summed E-state index contributed by atoms with van der Waals surface area (Å²) in [4.78, 5) is 11.4. The average molecular weight is 364 g/mol. The number of carbonyl (C=O) groups is 1. The molecule has 0 saturated carbocycles. The molecule has 27 heavy (non-hydrogen) atoms. The number of dihydropyridines is 1. The summed E-state index contributed by atoms with van der Waals surface area (Å²) in [7, 11) is 0. The summed E-state index contributed by atoms with van der Waals surface area (Å²) in [5.41, 5.74) is 11.5. The first-order valence-electron chi connectivity index (χ1n) is 8.99. The van der Waals surface area contributed by atoms with Crippen LogP contribution in [0, 0.1) is 19.3 Å². The first kappa shape index (κ1) is 20.2. The molecular formula is C22H28N4O. The lowest BCUT2D eigenvalue weighted by molar-refractivity contribution is 0.112. The molecule has 0 aromatic heterocycles. The number of benzene rings is 1. The smallest absolute Gasteiger partial charge is 0.150 e. The van der Waals surface area contributed by atoms with Gasteiger partial charge in [-0.1, -0.05) is 18.7 Å². The fourth-order valence-electron chi connectivity index (χ4n) is 3.14. The molecule has 5 heteroatoms. The third-order valence-electron chi connectivity index (χ3n) is 4.66. The van der Waals surface area contributed by atoms with Crippen molar-refractivity contribution in [2.24, 2.45) is 5.73 Å². The number of nitrogens with one attached hydrogen (secondary N) is 3. The van der Waals surface area contributed by atoms with E-state index in [0.29, 0.717) is 29.1 Å². The highest BCUT2D eigenvalue weighted by atomic mass is 16.1. The van der Waals surface area contributed by atoms with Gasteiger partial charge in [-0.15, -0.1) is 0 Å². The molecular weight excluding hydrogens is 336 g/mol. The van der Waals surface area contributed by atoms with Crippen LogP contribution in [-0.2, 0) is 0 Å². The minimum Gasteiger partial charge on any atom is -0.399 e. The minimum atomic E-state index is 0.249. The molecule has 1 heterocycles. The van der Waals surface area contributed by atoms with Crippen molar-refractivity contribution >= 4 is 17.7 Å². The van der Waals surface area contributed by atoms with Crippen molar-refractivity contribution in [2.75, 3.05) is 6.54 Å². The van der Waals surface area contributed by atoms with E-state index < -0.39 is 0 Å². The van der Waals surface area contributed by atoms with E-state index in [1.165, 1.54) is 0 Å². The molecule has 1 unspecified atom stereocenters. The molecule has 0 saturated heterocycles. The Kier molecular flexibility index (Phi) is 6.77. The van der Waals surface area contributed by atoms with Crippen LogP contribution in [0.3, 0.4) is 0 Å². The number of rotatable bonds is 8. The van der Waals surface area contributed by atoms with E-state index in [2.05, 4.69) is 23.3 Å². The van der Waals surface area contributed by atoms with Crippen molar-refractivity contribution in [3.05, 3.63) is 76.7 Å². The van der Waals surface area contributed by atoms with Gasteiger partial charge in [-0.25, -0.2) is 0 Å². The van der Waals surface area contributed by atoms with Crippen LogP contribution < -0.4 is 16.4 Å². The van der Waals surface area contributed by atoms with Crippen molar-refractivity contribution in [1.29, 1.82) is 5.41 Å². The van der Waals surface area contributed by atoms with Crippen LogP contribution in [0.1, 0.15) is 40.4 Å². The molecule has 0 spiro atoms. The van der Waals surface area contributed by atoms with Crippen LogP contribution in [0.2, 0.25) is 0 Å². The summed E-state index contributed by atoms with van der Waals surface area (Å²) in [6, 6.07) is 3.95. The molecule has 1 atom stereocenters. The van der Waals surface area contributed by atoms with Crippen LogP contribution in [0.4, 0.5) is 0 Å². The molecule has 5 N–H and O–H groups in total. The number of allylic oxidation sites excluding steroid dienone is 3. The summed E-state index contributed by atoms with van der Waals surface area (Å²) in [6.45, 7) is 10.2. The second kappa shape index (κ2) is 9.03. The summed E-state index contributed by atoms with van der Waals surface area (Å²) in [5.74, 6) is 0. The van der Waals surface area contributed by atoms with Crippen LogP contribution in [0.25, 0.3) is 5.70 Å². The number of aryl methyl sites for hydroxylation is 1. The molecule has 5 nitrogen and oxygen atoms in total. The molecule has 0 radical (unpaired) electrons. The summed E-state index contributed by atoms with van der Waals surface area (Å²) in [5, 5.41) is 14.9. The highest BCUT2D eigenvalue weighted by molar-refractivity contribution is 6.06. The van der Waals surface area contributed by atoms with Crippen molar-refractivity contribution in [2.45, 2.75) is 33.2 Å². The van der Waals surface area contributed by atoms with Crippen molar-refractivity contribution < 1.29 is 4.79 Å². The maximum atomic E-state index is 11.4. The Morgan fingerprint density at radius 1 is 1.37 bits per heavy atom. The standard InChI is InChI=1S/C22H28N4O/c1-14-11-18(13-27)12-20(15(14)2)22(21(16(3)23)17(4)24)26-10-8-19-7-5-6-9-25-19/h5-7,9,11-13,19,24-26H,3,8,10,23H2,1-2,4H3/b22-21-,24-17?. The topological polar surface area (TPSA) is 91.0 Å². The molecule has 2 rings (SSSR count). The van der Waals surface area contributed by atoms with E-state index in [4.69, 9.17) is 11.1 Å². The maximum absolute atomic E-state index is 11.4. The third kappa shape index (κ3) is 4.97. The van der Waals surface area contributed by atoms with Crippen molar-refractivity contribution in [1.82, 2.24) is 10.6 Å². The Labute approximate surface area is 161 Å².